The summed E-state index contributed by atoms with van der Waals surface area (Å²) in [6, 6.07) is 13.5. The molecule has 0 aromatic heterocycles. The molecule has 2 aromatic rings. The molecule has 2 N–H and O–H groups in total. The molecule has 152 valence electrons. The van der Waals surface area contributed by atoms with Crippen molar-refractivity contribution in [3.63, 3.8) is 0 Å². The van der Waals surface area contributed by atoms with Crippen LogP contribution in [-0.4, -0.2) is 54.0 Å². The third kappa shape index (κ3) is 5.13. The van der Waals surface area contributed by atoms with E-state index < -0.39 is 11.9 Å². The van der Waals surface area contributed by atoms with Gasteiger partial charge in [0, 0.05) is 19.1 Å². The van der Waals surface area contributed by atoms with E-state index in [1.54, 1.807) is 24.1 Å². The van der Waals surface area contributed by atoms with Crippen molar-refractivity contribution in [2.75, 3.05) is 20.2 Å². The van der Waals surface area contributed by atoms with Gasteiger partial charge in [-0.2, -0.15) is 0 Å². The molecule has 7 heteroatoms. The zero-order valence-corrected chi connectivity index (χ0v) is 16.3. The van der Waals surface area contributed by atoms with Gasteiger partial charge in [-0.15, -0.1) is 0 Å². The van der Waals surface area contributed by atoms with Crippen LogP contribution < -0.4 is 10.1 Å². The summed E-state index contributed by atoms with van der Waals surface area (Å²) in [5.74, 6) is -0.723. The third-order valence-corrected chi connectivity index (χ3v) is 5.10. The quantitative estimate of drug-likeness (QED) is 0.781. The van der Waals surface area contributed by atoms with Crippen molar-refractivity contribution in [1.82, 2.24) is 10.2 Å². The topological polar surface area (TPSA) is 95.9 Å². The zero-order valence-electron chi connectivity index (χ0n) is 16.3. The van der Waals surface area contributed by atoms with Crippen molar-refractivity contribution in [2.24, 2.45) is 0 Å². The van der Waals surface area contributed by atoms with E-state index in [1.165, 1.54) is 12.1 Å². The van der Waals surface area contributed by atoms with Gasteiger partial charge in [-0.25, -0.2) is 4.79 Å². The molecule has 7 nitrogen and oxygen atoms in total. The molecule has 1 aliphatic rings. The average Bonchev–Trinajstić information content (AvgIpc) is 2.74. The molecule has 0 radical (unpaired) electrons. The van der Waals surface area contributed by atoms with Crippen molar-refractivity contribution < 1.29 is 24.2 Å². The minimum absolute atomic E-state index is 0.0166. The summed E-state index contributed by atoms with van der Waals surface area (Å²) in [4.78, 5) is 38.1. The van der Waals surface area contributed by atoms with E-state index in [-0.39, 0.29) is 23.1 Å². The monoisotopic (exact) mass is 396 g/mol. The average molecular weight is 396 g/mol. The summed E-state index contributed by atoms with van der Waals surface area (Å²) in [5, 5.41) is 12.1. The SMILES string of the molecule is COc1ccc(CC(=O)N2CCC(NC(=O)c3ccccc3C(=O)O)CC2)cc1. The Kier molecular flexibility index (Phi) is 6.49. The Morgan fingerprint density at radius 1 is 1.03 bits per heavy atom. The molecule has 0 saturated carbocycles. The lowest BCUT2D eigenvalue weighted by molar-refractivity contribution is -0.131. The molecule has 1 aliphatic heterocycles. The van der Waals surface area contributed by atoms with Crippen molar-refractivity contribution in [1.29, 1.82) is 0 Å². The Labute approximate surface area is 169 Å². The van der Waals surface area contributed by atoms with Crippen molar-refractivity contribution in [3.05, 3.63) is 65.2 Å². The molecule has 1 heterocycles. The van der Waals surface area contributed by atoms with Crippen molar-refractivity contribution in [3.8, 4) is 5.75 Å². The normalized spacial score (nSPS) is 14.3. The summed E-state index contributed by atoms with van der Waals surface area (Å²) < 4.78 is 5.12. The van der Waals surface area contributed by atoms with E-state index in [0.717, 1.165) is 11.3 Å². The van der Waals surface area contributed by atoms with Gasteiger partial charge in [0.25, 0.3) is 5.91 Å². The van der Waals surface area contributed by atoms with Gasteiger partial charge in [0.1, 0.15) is 5.75 Å². The van der Waals surface area contributed by atoms with Gasteiger partial charge in [0.05, 0.1) is 24.7 Å². The first-order valence-corrected chi connectivity index (χ1v) is 9.52. The van der Waals surface area contributed by atoms with E-state index in [2.05, 4.69) is 5.32 Å². The molecular formula is C22H24N2O5. The van der Waals surface area contributed by atoms with Gasteiger partial charge < -0.3 is 20.1 Å². The summed E-state index contributed by atoms with van der Waals surface area (Å²) in [5.41, 5.74) is 1.06. The fourth-order valence-electron chi connectivity index (χ4n) is 3.43. The summed E-state index contributed by atoms with van der Waals surface area (Å²) >= 11 is 0. The molecule has 0 unspecified atom stereocenters. The predicted molar refractivity (Wildman–Crippen MR) is 107 cm³/mol. The van der Waals surface area contributed by atoms with Crippen LogP contribution in [0.2, 0.25) is 0 Å². The van der Waals surface area contributed by atoms with E-state index in [0.29, 0.717) is 32.4 Å². The Balaban J connectivity index is 1.51. The second-order valence-corrected chi connectivity index (χ2v) is 7.00. The number of likely N-dealkylation sites (tertiary alicyclic amines) is 1. The van der Waals surface area contributed by atoms with Gasteiger partial charge in [0.2, 0.25) is 5.91 Å². The van der Waals surface area contributed by atoms with Gasteiger partial charge in [-0.3, -0.25) is 9.59 Å². The molecule has 1 saturated heterocycles. The zero-order chi connectivity index (χ0) is 20.8. The number of piperidine rings is 1. The maximum atomic E-state index is 12.5. The van der Waals surface area contributed by atoms with Gasteiger partial charge in [-0.1, -0.05) is 24.3 Å². The molecule has 2 aromatic carbocycles. The fourth-order valence-corrected chi connectivity index (χ4v) is 3.43. The number of nitrogens with zero attached hydrogens (tertiary/aromatic N) is 1. The second-order valence-electron chi connectivity index (χ2n) is 7.00. The number of methoxy groups -OCH3 is 1. The van der Waals surface area contributed by atoms with Crippen LogP contribution in [0.25, 0.3) is 0 Å². The molecule has 0 aliphatic carbocycles. The van der Waals surface area contributed by atoms with Crippen LogP contribution in [0.15, 0.2) is 48.5 Å². The molecular weight excluding hydrogens is 372 g/mol. The molecule has 0 atom stereocenters. The molecule has 0 bridgehead atoms. The van der Waals surface area contributed by atoms with Crippen LogP contribution in [-0.2, 0) is 11.2 Å². The highest BCUT2D eigenvalue weighted by molar-refractivity contribution is 6.04. The first-order valence-electron chi connectivity index (χ1n) is 9.52. The first-order chi connectivity index (χ1) is 14.0. The first kappa shape index (κ1) is 20.4. The number of rotatable bonds is 6. The van der Waals surface area contributed by atoms with Gasteiger partial charge >= 0.3 is 5.97 Å². The number of carboxylic acid groups (broad SMARTS) is 1. The number of carbonyl (C=O) groups excluding carboxylic acids is 2. The lowest BCUT2D eigenvalue weighted by Gasteiger charge is -2.32. The number of carbonyl (C=O) groups is 3. The number of carboxylic acids is 1. The highest BCUT2D eigenvalue weighted by Crippen LogP contribution is 2.16. The number of amides is 2. The number of nitrogens with one attached hydrogen (secondary N) is 1. The predicted octanol–water partition coefficient (Wildman–Crippen LogP) is 2.36. The minimum atomic E-state index is -1.13. The standard InChI is InChI=1S/C22H24N2O5/c1-29-17-8-6-15(7-9-17)14-20(25)24-12-10-16(11-13-24)23-21(26)18-4-2-3-5-19(18)22(27)28/h2-9,16H,10-14H2,1H3,(H,23,26)(H,27,28). The number of benzene rings is 2. The molecule has 2 amide bonds. The maximum absolute atomic E-state index is 12.5. The molecule has 29 heavy (non-hydrogen) atoms. The van der Waals surface area contributed by atoms with Crippen LogP contribution in [0.5, 0.6) is 5.75 Å². The Morgan fingerprint density at radius 3 is 2.24 bits per heavy atom. The number of hydrogen-bond acceptors (Lipinski definition) is 4. The Morgan fingerprint density at radius 2 is 1.66 bits per heavy atom. The van der Waals surface area contributed by atoms with Crippen molar-refractivity contribution >= 4 is 17.8 Å². The molecule has 1 fully saturated rings. The van der Waals surface area contributed by atoms with Crippen molar-refractivity contribution in [2.45, 2.75) is 25.3 Å². The largest absolute Gasteiger partial charge is 0.497 e. The number of ether oxygens (including phenoxy) is 1. The third-order valence-electron chi connectivity index (χ3n) is 5.10. The lowest BCUT2D eigenvalue weighted by atomic mass is 10.0. The van der Waals surface area contributed by atoms with Gasteiger partial charge in [0.15, 0.2) is 0 Å². The van der Waals surface area contributed by atoms with E-state index in [1.807, 2.05) is 24.3 Å². The summed E-state index contributed by atoms with van der Waals surface area (Å²) in [7, 11) is 1.60. The molecule has 3 rings (SSSR count). The van der Waals surface area contributed by atoms with E-state index >= 15 is 0 Å². The van der Waals surface area contributed by atoms with Crippen LogP contribution in [0.3, 0.4) is 0 Å². The minimum Gasteiger partial charge on any atom is -0.497 e. The van der Waals surface area contributed by atoms with E-state index in [4.69, 9.17) is 4.74 Å². The maximum Gasteiger partial charge on any atom is 0.336 e. The van der Waals surface area contributed by atoms with E-state index in [9.17, 15) is 19.5 Å². The summed E-state index contributed by atoms with van der Waals surface area (Å²) in [6.45, 7) is 1.11. The highest BCUT2D eigenvalue weighted by Gasteiger charge is 2.25. The van der Waals surface area contributed by atoms with Crippen LogP contribution in [0, 0.1) is 0 Å². The fraction of sp³-hybridized carbons (Fsp3) is 0.318. The van der Waals surface area contributed by atoms with Crippen LogP contribution >= 0.6 is 0 Å². The lowest BCUT2D eigenvalue weighted by Crippen LogP contribution is -2.47. The molecule has 0 spiro atoms. The second kappa shape index (κ2) is 9.23. The number of aromatic carboxylic acids is 1. The smallest absolute Gasteiger partial charge is 0.336 e. The number of hydrogen-bond donors (Lipinski definition) is 2. The van der Waals surface area contributed by atoms with Crippen LogP contribution in [0.4, 0.5) is 0 Å². The summed E-state index contributed by atoms with van der Waals surface area (Å²) in [6.07, 6.45) is 1.59. The van der Waals surface area contributed by atoms with Crippen LogP contribution in [0.1, 0.15) is 39.1 Å². The highest BCUT2D eigenvalue weighted by atomic mass is 16.5. The Bertz CT molecular complexity index is 886. The Hall–Kier alpha value is -3.35. The van der Waals surface area contributed by atoms with Gasteiger partial charge in [-0.05, 0) is 42.7 Å².